The van der Waals surface area contributed by atoms with Crippen molar-refractivity contribution < 1.29 is 14.6 Å². The van der Waals surface area contributed by atoms with Gasteiger partial charge >= 0.3 is 5.97 Å². The molecular weight excluding hydrogens is 272 g/mol. The van der Waals surface area contributed by atoms with Crippen LogP contribution in [0.25, 0.3) is 21.9 Å². The Bertz CT molecular complexity index is 835. The van der Waals surface area contributed by atoms with Gasteiger partial charge in [-0.3, -0.25) is 0 Å². The van der Waals surface area contributed by atoms with Crippen molar-refractivity contribution in [3.8, 4) is 16.9 Å². The number of rotatable bonds is 1. The van der Waals surface area contributed by atoms with Gasteiger partial charge in [0.15, 0.2) is 0 Å². The number of carbonyl (C=O) groups is 1. The van der Waals surface area contributed by atoms with E-state index in [1.807, 2.05) is 17.5 Å². The molecule has 3 nitrogen and oxygen atoms in total. The highest BCUT2D eigenvalue weighted by molar-refractivity contribution is 7.08. The normalized spacial score (nSPS) is 13.5. The SMILES string of the molecule is O=C1OCc2c1cc1cc(O)ccc1c2-c1ccsc1. The smallest absolute Gasteiger partial charge is 0.338 e. The molecule has 20 heavy (non-hydrogen) atoms. The van der Waals surface area contributed by atoms with Crippen molar-refractivity contribution in [2.75, 3.05) is 0 Å². The van der Waals surface area contributed by atoms with Gasteiger partial charge in [0.1, 0.15) is 12.4 Å². The summed E-state index contributed by atoms with van der Waals surface area (Å²) in [5.41, 5.74) is 3.65. The molecule has 0 saturated carbocycles. The van der Waals surface area contributed by atoms with Crippen molar-refractivity contribution in [3.63, 3.8) is 0 Å². The van der Waals surface area contributed by atoms with Crippen LogP contribution in [0.1, 0.15) is 15.9 Å². The maximum absolute atomic E-state index is 11.8. The average Bonchev–Trinajstić information content (AvgIpc) is 3.07. The topological polar surface area (TPSA) is 46.5 Å². The molecule has 2 heterocycles. The van der Waals surface area contributed by atoms with Crippen molar-refractivity contribution >= 4 is 28.1 Å². The van der Waals surface area contributed by atoms with Gasteiger partial charge < -0.3 is 9.84 Å². The van der Waals surface area contributed by atoms with Crippen LogP contribution in [0.2, 0.25) is 0 Å². The van der Waals surface area contributed by atoms with E-state index in [4.69, 9.17) is 4.74 Å². The number of carbonyl (C=O) groups excluding carboxylic acids is 1. The Kier molecular flexibility index (Phi) is 2.35. The molecule has 1 aromatic heterocycles. The molecular formula is C16H10O3S. The lowest BCUT2D eigenvalue weighted by atomic mass is 9.92. The molecule has 0 saturated heterocycles. The summed E-state index contributed by atoms with van der Waals surface area (Å²) in [6.45, 7) is 0.316. The highest BCUT2D eigenvalue weighted by atomic mass is 32.1. The van der Waals surface area contributed by atoms with E-state index >= 15 is 0 Å². The van der Waals surface area contributed by atoms with Crippen molar-refractivity contribution in [2.45, 2.75) is 6.61 Å². The standard InChI is InChI=1S/C16H10O3S/c17-11-1-2-12-10(5-11)6-13-14(7-19-16(13)18)15(12)9-3-4-20-8-9/h1-6,8,17H,7H2. The molecule has 0 radical (unpaired) electrons. The Labute approximate surface area is 119 Å². The maximum Gasteiger partial charge on any atom is 0.338 e. The number of fused-ring (bicyclic) bond motifs is 2. The molecule has 0 bridgehead atoms. The number of ether oxygens (including phenoxy) is 1. The number of hydrogen-bond acceptors (Lipinski definition) is 4. The molecule has 3 aromatic rings. The molecule has 0 fully saturated rings. The lowest BCUT2D eigenvalue weighted by Gasteiger charge is -2.10. The first-order valence-electron chi connectivity index (χ1n) is 6.22. The first-order chi connectivity index (χ1) is 9.74. The van der Waals surface area contributed by atoms with Gasteiger partial charge in [0, 0.05) is 5.56 Å². The maximum atomic E-state index is 11.8. The van der Waals surface area contributed by atoms with E-state index in [0.29, 0.717) is 12.2 Å². The van der Waals surface area contributed by atoms with Crippen LogP contribution in [0.3, 0.4) is 0 Å². The third kappa shape index (κ3) is 1.55. The molecule has 0 unspecified atom stereocenters. The zero-order valence-corrected chi connectivity index (χ0v) is 11.2. The molecule has 1 N–H and O–H groups in total. The quantitative estimate of drug-likeness (QED) is 0.687. The average molecular weight is 282 g/mol. The van der Waals surface area contributed by atoms with E-state index in [-0.39, 0.29) is 11.7 Å². The Balaban J connectivity index is 2.16. The Hall–Kier alpha value is -2.33. The molecule has 98 valence electrons. The first-order valence-corrected chi connectivity index (χ1v) is 7.16. The highest BCUT2D eigenvalue weighted by Crippen LogP contribution is 2.39. The van der Waals surface area contributed by atoms with Crippen LogP contribution in [0.15, 0.2) is 41.1 Å². The van der Waals surface area contributed by atoms with E-state index in [1.165, 1.54) is 0 Å². The minimum absolute atomic E-state index is 0.195. The Morgan fingerprint density at radius 2 is 2.10 bits per heavy atom. The molecule has 4 rings (SSSR count). The van der Waals surface area contributed by atoms with Gasteiger partial charge in [-0.25, -0.2) is 4.79 Å². The number of aromatic hydroxyl groups is 1. The van der Waals surface area contributed by atoms with E-state index in [0.717, 1.165) is 27.5 Å². The minimum atomic E-state index is -0.290. The Morgan fingerprint density at radius 1 is 1.20 bits per heavy atom. The highest BCUT2D eigenvalue weighted by Gasteiger charge is 2.26. The number of esters is 1. The molecule has 2 aromatic carbocycles. The summed E-state index contributed by atoms with van der Waals surface area (Å²) in [5, 5.41) is 15.6. The summed E-state index contributed by atoms with van der Waals surface area (Å²) in [6.07, 6.45) is 0. The fraction of sp³-hybridized carbons (Fsp3) is 0.0625. The van der Waals surface area contributed by atoms with Crippen LogP contribution in [-0.4, -0.2) is 11.1 Å². The van der Waals surface area contributed by atoms with Crippen molar-refractivity contribution in [2.24, 2.45) is 0 Å². The second kappa shape index (κ2) is 4.08. The van der Waals surface area contributed by atoms with Crippen LogP contribution in [0, 0.1) is 0 Å². The summed E-state index contributed by atoms with van der Waals surface area (Å²) in [4.78, 5) is 11.8. The van der Waals surface area contributed by atoms with Crippen LogP contribution in [0.4, 0.5) is 0 Å². The summed E-state index contributed by atoms with van der Waals surface area (Å²) in [5.74, 6) is -0.0956. The van der Waals surface area contributed by atoms with Crippen molar-refractivity contribution in [3.05, 3.63) is 52.2 Å². The molecule has 0 spiro atoms. The fourth-order valence-corrected chi connectivity index (χ4v) is 3.37. The second-order valence-corrected chi connectivity index (χ2v) is 5.55. The third-order valence-electron chi connectivity index (χ3n) is 3.61. The number of phenolic OH excluding ortho intramolecular Hbond substituents is 1. The van der Waals surface area contributed by atoms with Crippen LogP contribution >= 0.6 is 11.3 Å². The second-order valence-electron chi connectivity index (χ2n) is 4.77. The third-order valence-corrected chi connectivity index (χ3v) is 4.29. The fourth-order valence-electron chi connectivity index (χ4n) is 2.72. The van der Waals surface area contributed by atoms with Gasteiger partial charge in [-0.2, -0.15) is 11.3 Å². The van der Waals surface area contributed by atoms with Gasteiger partial charge in [-0.05, 0) is 56.9 Å². The van der Waals surface area contributed by atoms with Gasteiger partial charge in [-0.1, -0.05) is 6.07 Å². The summed E-state index contributed by atoms with van der Waals surface area (Å²) < 4.78 is 5.17. The largest absolute Gasteiger partial charge is 0.508 e. The van der Waals surface area contributed by atoms with E-state index in [1.54, 1.807) is 29.5 Å². The zero-order valence-electron chi connectivity index (χ0n) is 10.4. The summed E-state index contributed by atoms with van der Waals surface area (Å²) >= 11 is 1.62. The van der Waals surface area contributed by atoms with Crippen LogP contribution in [0.5, 0.6) is 5.75 Å². The molecule has 1 aliphatic heterocycles. The van der Waals surface area contributed by atoms with Crippen molar-refractivity contribution in [1.82, 2.24) is 0 Å². The van der Waals surface area contributed by atoms with E-state index in [9.17, 15) is 9.90 Å². The van der Waals surface area contributed by atoms with Gasteiger partial charge in [0.25, 0.3) is 0 Å². The first kappa shape index (κ1) is 11.5. The summed E-state index contributed by atoms with van der Waals surface area (Å²) in [6, 6.07) is 9.07. The molecule has 4 heteroatoms. The lowest BCUT2D eigenvalue weighted by Crippen LogP contribution is -1.95. The van der Waals surface area contributed by atoms with Crippen LogP contribution < -0.4 is 0 Å². The number of hydrogen-bond donors (Lipinski definition) is 1. The number of cyclic esters (lactones) is 1. The molecule has 0 amide bonds. The Morgan fingerprint density at radius 3 is 2.90 bits per heavy atom. The number of thiophene rings is 1. The van der Waals surface area contributed by atoms with Gasteiger partial charge in [0.2, 0.25) is 0 Å². The molecule has 0 atom stereocenters. The molecule has 0 aliphatic carbocycles. The van der Waals surface area contributed by atoms with Gasteiger partial charge in [-0.15, -0.1) is 0 Å². The monoisotopic (exact) mass is 282 g/mol. The number of phenols is 1. The van der Waals surface area contributed by atoms with E-state index in [2.05, 4.69) is 5.38 Å². The predicted octanol–water partition coefficient (Wildman–Crippen LogP) is 3.94. The minimum Gasteiger partial charge on any atom is -0.508 e. The van der Waals surface area contributed by atoms with Crippen LogP contribution in [-0.2, 0) is 11.3 Å². The molecule has 1 aliphatic rings. The van der Waals surface area contributed by atoms with E-state index < -0.39 is 0 Å². The lowest BCUT2D eigenvalue weighted by molar-refractivity contribution is 0.0535. The van der Waals surface area contributed by atoms with Crippen molar-refractivity contribution in [1.29, 1.82) is 0 Å². The summed E-state index contributed by atoms with van der Waals surface area (Å²) in [7, 11) is 0. The predicted molar refractivity (Wildman–Crippen MR) is 78.0 cm³/mol. The zero-order chi connectivity index (χ0) is 13.7. The number of benzene rings is 2. The van der Waals surface area contributed by atoms with Gasteiger partial charge in [0.05, 0.1) is 5.56 Å².